The van der Waals surface area contributed by atoms with Gasteiger partial charge in [-0.25, -0.2) is 22.5 Å². The molecule has 11 heteroatoms. The van der Waals surface area contributed by atoms with E-state index < -0.39 is 27.3 Å². The van der Waals surface area contributed by atoms with Crippen molar-refractivity contribution >= 4 is 50.2 Å². The highest BCUT2D eigenvalue weighted by molar-refractivity contribution is 7.89. The van der Waals surface area contributed by atoms with Crippen LogP contribution in [0, 0.1) is 17.1 Å². The largest absolute Gasteiger partial charge is 0.299 e. The van der Waals surface area contributed by atoms with Crippen LogP contribution in [0.15, 0.2) is 54.9 Å². The molecule has 0 spiro atoms. The Morgan fingerprint density at radius 1 is 1.18 bits per heavy atom. The maximum absolute atomic E-state index is 14.8. The van der Waals surface area contributed by atoms with Gasteiger partial charge >= 0.3 is 0 Å². The number of pyridine rings is 1. The zero-order valence-corrected chi connectivity index (χ0v) is 19.1. The first-order valence-electron chi connectivity index (χ1n) is 9.26. The number of nitrogens with zero attached hydrogens (tertiary/aromatic N) is 3. The summed E-state index contributed by atoms with van der Waals surface area (Å²) < 4.78 is 40.7. The van der Waals surface area contributed by atoms with Gasteiger partial charge in [0.05, 0.1) is 39.2 Å². The molecular weight excluding hydrogens is 490 g/mol. The molecule has 1 amide bonds. The van der Waals surface area contributed by atoms with E-state index in [4.69, 9.17) is 28.5 Å². The first-order chi connectivity index (χ1) is 15.6. The predicted molar refractivity (Wildman–Crippen MR) is 124 cm³/mol. The summed E-state index contributed by atoms with van der Waals surface area (Å²) >= 11 is 12.5. The van der Waals surface area contributed by atoms with Crippen molar-refractivity contribution in [2.45, 2.75) is 0 Å². The van der Waals surface area contributed by atoms with Gasteiger partial charge < -0.3 is 0 Å². The molecule has 0 atom stereocenters. The Hall–Kier alpha value is -3.45. The Labute approximate surface area is 198 Å². The van der Waals surface area contributed by atoms with Gasteiger partial charge in [-0.2, -0.15) is 5.26 Å². The molecule has 7 nitrogen and oxygen atoms in total. The van der Waals surface area contributed by atoms with Crippen LogP contribution in [0.1, 0.15) is 15.9 Å². The van der Waals surface area contributed by atoms with Crippen molar-refractivity contribution in [1.82, 2.24) is 14.3 Å². The van der Waals surface area contributed by atoms with Crippen LogP contribution < -0.4 is 4.72 Å². The lowest BCUT2D eigenvalue weighted by Crippen LogP contribution is -2.30. The fourth-order valence-corrected chi connectivity index (χ4v) is 4.20. The molecule has 0 saturated heterocycles. The molecule has 33 heavy (non-hydrogen) atoms. The number of benzene rings is 2. The van der Waals surface area contributed by atoms with Gasteiger partial charge in [0.2, 0.25) is 10.0 Å². The molecule has 166 valence electrons. The first-order valence-corrected chi connectivity index (χ1v) is 11.9. The van der Waals surface area contributed by atoms with Gasteiger partial charge in [0.15, 0.2) is 0 Å². The average Bonchev–Trinajstić information content (AvgIpc) is 3.12. The summed E-state index contributed by atoms with van der Waals surface area (Å²) in [5.74, 6) is -2.10. The van der Waals surface area contributed by atoms with Crippen LogP contribution >= 0.6 is 23.2 Å². The van der Waals surface area contributed by atoms with Crippen LogP contribution in [0.2, 0.25) is 10.0 Å². The van der Waals surface area contributed by atoms with Crippen LogP contribution in [0.5, 0.6) is 0 Å². The van der Waals surface area contributed by atoms with Crippen LogP contribution in [0.25, 0.3) is 27.8 Å². The minimum absolute atomic E-state index is 0.00456. The number of carbonyl (C=O) groups excluding carboxylic acids is 1. The van der Waals surface area contributed by atoms with Gasteiger partial charge in [-0.05, 0) is 29.8 Å². The molecule has 0 unspecified atom stereocenters. The maximum Gasteiger partial charge on any atom is 0.267 e. The van der Waals surface area contributed by atoms with Crippen LogP contribution in [0.4, 0.5) is 4.39 Å². The van der Waals surface area contributed by atoms with Crippen molar-refractivity contribution in [1.29, 1.82) is 5.26 Å². The smallest absolute Gasteiger partial charge is 0.267 e. The molecule has 4 rings (SSSR count). The second-order valence-electron chi connectivity index (χ2n) is 7.11. The van der Waals surface area contributed by atoms with Gasteiger partial charge in [0.25, 0.3) is 5.91 Å². The van der Waals surface area contributed by atoms with Crippen molar-refractivity contribution in [2.75, 3.05) is 6.26 Å². The fraction of sp³-hybridized carbons (Fsp3) is 0.0455. The molecule has 0 aliphatic heterocycles. The Morgan fingerprint density at radius 3 is 2.52 bits per heavy atom. The van der Waals surface area contributed by atoms with Crippen molar-refractivity contribution < 1.29 is 17.6 Å². The third-order valence-corrected chi connectivity index (χ3v) is 5.82. The number of fused-ring (bicyclic) bond motifs is 1. The number of amides is 1. The van der Waals surface area contributed by atoms with E-state index in [1.807, 2.05) is 0 Å². The monoisotopic (exact) mass is 502 g/mol. The molecule has 2 heterocycles. The highest BCUT2D eigenvalue weighted by Crippen LogP contribution is 2.35. The Balaban J connectivity index is 1.89. The summed E-state index contributed by atoms with van der Waals surface area (Å²) in [5.41, 5.74) is 2.06. The quantitative estimate of drug-likeness (QED) is 0.435. The number of carbonyl (C=O) groups is 1. The van der Waals surface area contributed by atoms with Gasteiger partial charge in [-0.1, -0.05) is 35.3 Å². The van der Waals surface area contributed by atoms with Crippen LogP contribution in [-0.2, 0) is 10.0 Å². The number of hydrogen-bond acceptors (Lipinski definition) is 5. The molecule has 0 bridgehead atoms. The Kier molecular flexibility index (Phi) is 5.84. The van der Waals surface area contributed by atoms with E-state index in [0.717, 1.165) is 24.0 Å². The van der Waals surface area contributed by atoms with E-state index in [-0.39, 0.29) is 10.7 Å². The first kappa shape index (κ1) is 22.7. The molecule has 0 aliphatic rings. The third-order valence-electron chi connectivity index (χ3n) is 4.75. The predicted octanol–water partition coefficient (Wildman–Crippen LogP) is 4.70. The maximum atomic E-state index is 14.8. The second kappa shape index (κ2) is 8.48. The molecule has 2 aromatic heterocycles. The Bertz CT molecular complexity index is 1580. The molecular formula is C22H13Cl2FN4O3S. The summed E-state index contributed by atoms with van der Waals surface area (Å²) in [6.07, 6.45) is 3.90. The van der Waals surface area contributed by atoms with Crippen molar-refractivity contribution in [3.05, 3.63) is 81.8 Å². The number of hydrogen-bond donors (Lipinski definition) is 1. The normalized spacial score (nSPS) is 11.4. The molecule has 0 radical (unpaired) electrons. The van der Waals surface area contributed by atoms with Crippen LogP contribution in [0.3, 0.4) is 0 Å². The van der Waals surface area contributed by atoms with Gasteiger partial charge in [0, 0.05) is 29.4 Å². The molecule has 4 aromatic rings. The number of aromatic nitrogens is 2. The molecule has 1 N–H and O–H groups in total. The van der Waals surface area contributed by atoms with E-state index >= 15 is 0 Å². The van der Waals surface area contributed by atoms with E-state index in [9.17, 15) is 17.6 Å². The molecule has 2 aromatic carbocycles. The summed E-state index contributed by atoms with van der Waals surface area (Å²) in [4.78, 5) is 16.5. The van der Waals surface area contributed by atoms with Crippen LogP contribution in [-0.4, -0.2) is 30.1 Å². The number of halogens is 3. The lowest BCUT2D eigenvalue weighted by Gasteiger charge is -2.11. The standard InChI is InChI=1S/C22H13Cl2FN4O3S/c1-33(31,32)28-22(30)16-7-18(24)20(8-19(16)25)29-11-17(13-4-2-12(9-26)3-5-13)15-6-14(23)10-27-21(15)29/h2-8,10-11H,1H3,(H,28,30). The van der Waals surface area contributed by atoms with E-state index in [0.29, 0.717) is 27.2 Å². The number of rotatable bonds is 4. The molecule has 0 aliphatic carbocycles. The van der Waals surface area contributed by atoms with E-state index in [1.54, 1.807) is 45.8 Å². The van der Waals surface area contributed by atoms with Crippen molar-refractivity contribution in [2.24, 2.45) is 0 Å². The highest BCUT2D eigenvalue weighted by Gasteiger charge is 2.21. The minimum atomic E-state index is -3.89. The summed E-state index contributed by atoms with van der Waals surface area (Å²) in [6.45, 7) is 0. The molecule has 0 fully saturated rings. The van der Waals surface area contributed by atoms with Gasteiger partial charge in [0.1, 0.15) is 11.5 Å². The third kappa shape index (κ3) is 4.54. The Morgan fingerprint density at radius 2 is 1.88 bits per heavy atom. The molecule has 0 saturated carbocycles. The average molecular weight is 503 g/mol. The van der Waals surface area contributed by atoms with Gasteiger partial charge in [-0.15, -0.1) is 0 Å². The number of nitriles is 1. The van der Waals surface area contributed by atoms with Crippen molar-refractivity contribution in [3.8, 4) is 22.9 Å². The fourth-order valence-electron chi connectivity index (χ4n) is 3.34. The lowest BCUT2D eigenvalue weighted by atomic mass is 10.0. The zero-order valence-electron chi connectivity index (χ0n) is 16.8. The zero-order chi connectivity index (χ0) is 23.9. The van der Waals surface area contributed by atoms with E-state index in [1.165, 1.54) is 6.20 Å². The number of nitrogens with one attached hydrogen (secondary N) is 1. The van der Waals surface area contributed by atoms with Crippen molar-refractivity contribution in [3.63, 3.8) is 0 Å². The van der Waals surface area contributed by atoms with Gasteiger partial charge in [-0.3, -0.25) is 9.36 Å². The number of sulfonamides is 1. The summed E-state index contributed by atoms with van der Waals surface area (Å²) in [7, 11) is -3.89. The summed E-state index contributed by atoms with van der Waals surface area (Å²) in [5, 5.41) is 10.1. The minimum Gasteiger partial charge on any atom is -0.299 e. The lowest BCUT2D eigenvalue weighted by molar-refractivity contribution is 0.0978. The second-order valence-corrected chi connectivity index (χ2v) is 9.71. The SMILES string of the molecule is CS(=O)(=O)NC(=O)c1cc(Cl)c(-n2cc(-c3ccc(C#N)cc3)c3cc(Cl)cnc32)cc1F. The van der Waals surface area contributed by atoms with E-state index in [2.05, 4.69) is 11.1 Å². The highest BCUT2D eigenvalue weighted by atomic mass is 35.5. The summed E-state index contributed by atoms with van der Waals surface area (Å²) in [6, 6.07) is 12.7. The topological polar surface area (TPSA) is 105 Å².